The molecule has 1 saturated heterocycles. The Morgan fingerprint density at radius 1 is 1.18 bits per heavy atom. The van der Waals surface area contributed by atoms with Gasteiger partial charge >= 0.3 is 6.03 Å². The van der Waals surface area contributed by atoms with Crippen LogP contribution in [0, 0.1) is 5.92 Å². The zero-order valence-corrected chi connectivity index (χ0v) is 15.5. The monoisotopic (exact) mass is 377 g/mol. The summed E-state index contributed by atoms with van der Waals surface area (Å²) in [6.45, 7) is 2.56. The molecule has 0 bridgehead atoms. The Balaban J connectivity index is 1.26. The number of anilines is 2. The molecular formula is C20H23N7O. The van der Waals surface area contributed by atoms with Crippen LogP contribution >= 0.6 is 0 Å². The van der Waals surface area contributed by atoms with Crippen LogP contribution in [0.5, 0.6) is 0 Å². The molecule has 1 atom stereocenters. The van der Waals surface area contributed by atoms with Gasteiger partial charge in [0.1, 0.15) is 18.5 Å². The zero-order valence-electron chi connectivity index (χ0n) is 15.5. The molecule has 2 amide bonds. The van der Waals surface area contributed by atoms with Gasteiger partial charge in [0.2, 0.25) is 0 Å². The van der Waals surface area contributed by atoms with E-state index in [9.17, 15) is 4.79 Å². The molecule has 1 aliphatic rings. The number of nitrogens with zero attached hydrogens (tertiary/aromatic N) is 5. The largest absolute Gasteiger partial charge is 0.356 e. The molecule has 0 saturated carbocycles. The van der Waals surface area contributed by atoms with Crippen LogP contribution in [0.3, 0.4) is 0 Å². The van der Waals surface area contributed by atoms with E-state index in [1.165, 1.54) is 6.33 Å². The molecule has 0 aliphatic carbocycles. The first kappa shape index (κ1) is 18.0. The van der Waals surface area contributed by atoms with Gasteiger partial charge in [-0.05, 0) is 55.2 Å². The lowest BCUT2D eigenvalue weighted by molar-refractivity contribution is 0.249. The van der Waals surface area contributed by atoms with E-state index in [2.05, 4.69) is 30.6 Å². The molecule has 1 unspecified atom stereocenters. The summed E-state index contributed by atoms with van der Waals surface area (Å²) in [6, 6.07) is 13.2. The summed E-state index contributed by atoms with van der Waals surface area (Å²) in [5.41, 5.74) is 1.63. The van der Waals surface area contributed by atoms with E-state index in [-0.39, 0.29) is 6.03 Å². The van der Waals surface area contributed by atoms with Crippen LogP contribution in [0.4, 0.5) is 16.3 Å². The summed E-state index contributed by atoms with van der Waals surface area (Å²) < 4.78 is 1.67. The highest BCUT2D eigenvalue weighted by atomic mass is 16.2. The highest BCUT2D eigenvalue weighted by molar-refractivity contribution is 5.89. The third-order valence-electron chi connectivity index (χ3n) is 4.85. The Morgan fingerprint density at radius 2 is 2.07 bits per heavy atom. The van der Waals surface area contributed by atoms with Crippen LogP contribution in [-0.2, 0) is 0 Å². The fraction of sp³-hybridized carbons (Fsp3) is 0.300. The predicted molar refractivity (Wildman–Crippen MR) is 108 cm³/mol. The fourth-order valence-electron chi connectivity index (χ4n) is 3.43. The molecule has 1 fully saturated rings. The van der Waals surface area contributed by atoms with Gasteiger partial charge in [-0.1, -0.05) is 6.07 Å². The molecule has 1 aliphatic heterocycles. The number of piperidine rings is 1. The number of hydrogen-bond donors (Lipinski definition) is 2. The normalized spacial score (nSPS) is 16.6. The lowest BCUT2D eigenvalue weighted by Crippen LogP contribution is -2.42. The molecule has 3 aromatic rings. The van der Waals surface area contributed by atoms with Crippen LogP contribution in [-0.4, -0.2) is 45.4 Å². The first-order valence-electron chi connectivity index (χ1n) is 9.44. The van der Waals surface area contributed by atoms with Crippen molar-refractivity contribution in [2.24, 2.45) is 5.92 Å². The second-order valence-corrected chi connectivity index (χ2v) is 6.86. The number of urea groups is 1. The summed E-state index contributed by atoms with van der Waals surface area (Å²) in [7, 11) is 0. The maximum absolute atomic E-state index is 12.2. The van der Waals surface area contributed by atoms with Crippen molar-refractivity contribution in [1.29, 1.82) is 0 Å². The van der Waals surface area contributed by atoms with Crippen LogP contribution in [0.25, 0.3) is 5.69 Å². The number of carbonyl (C=O) groups is 1. The number of aromatic nitrogens is 4. The molecule has 1 aromatic carbocycles. The second kappa shape index (κ2) is 8.51. The van der Waals surface area contributed by atoms with E-state index in [0.717, 1.165) is 43.1 Å². The zero-order chi connectivity index (χ0) is 19.2. The minimum atomic E-state index is -0.191. The fourth-order valence-corrected chi connectivity index (χ4v) is 3.43. The smallest absolute Gasteiger partial charge is 0.319 e. The van der Waals surface area contributed by atoms with Crippen molar-refractivity contribution in [2.75, 3.05) is 29.9 Å². The highest BCUT2D eigenvalue weighted by Gasteiger charge is 2.21. The minimum absolute atomic E-state index is 0.191. The van der Waals surface area contributed by atoms with E-state index in [0.29, 0.717) is 12.5 Å². The van der Waals surface area contributed by atoms with Crippen LogP contribution in [0.1, 0.15) is 12.8 Å². The summed E-state index contributed by atoms with van der Waals surface area (Å²) in [5.74, 6) is 1.42. The standard InChI is InChI=1S/C20H23N7O/c28-20(25-17-6-8-18(9-7-17)27-15-21-14-24-27)23-12-16-4-3-11-26(13-16)19-5-1-2-10-22-19/h1-2,5-10,14-16H,3-4,11-13H2,(H2,23,25,28). The van der Waals surface area contributed by atoms with Gasteiger partial charge in [0.25, 0.3) is 0 Å². The lowest BCUT2D eigenvalue weighted by atomic mass is 9.98. The van der Waals surface area contributed by atoms with E-state index in [4.69, 9.17) is 0 Å². The van der Waals surface area contributed by atoms with Crippen LogP contribution in [0.2, 0.25) is 0 Å². The first-order chi connectivity index (χ1) is 13.8. The van der Waals surface area contributed by atoms with Gasteiger partial charge in [-0.3, -0.25) is 0 Å². The van der Waals surface area contributed by atoms with Crippen LogP contribution < -0.4 is 15.5 Å². The average molecular weight is 377 g/mol. The maximum atomic E-state index is 12.2. The SMILES string of the molecule is O=C(NCC1CCCN(c2ccccn2)C1)Nc1ccc(-n2cncn2)cc1. The van der Waals surface area contributed by atoms with Crippen molar-refractivity contribution in [3.63, 3.8) is 0 Å². The van der Waals surface area contributed by atoms with Gasteiger partial charge in [-0.15, -0.1) is 0 Å². The Bertz CT molecular complexity index is 881. The quantitative estimate of drug-likeness (QED) is 0.714. The van der Waals surface area contributed by atoms with Gasteiger partial charge in [0.15, 0.2) is 0 Å². The van der Waals surface area contributed by atoms with Gasteiger partial charge in [-0.2, -0.15) is 5.10 Å². The summed E-state index contributed by atoms with van der Waals surface area (Å²) >= 11 is 0. The third-order valence-corrected chi connectivity index (χ3v) is 4.85. The average Bonchev–Trinajstić information content (AvgIpc) is 3.29. The lowest BCUT2D eigenvalue weighted by Gasteiger charge is -2.33. The molecule has 2 N–H and O–H groups in total. The van der Waals surface area contributed by atoms with Crippen molar-refractivity contribution in [3.8, 4) is 5.69 Å². The Kier molecular flexibility index (Phi) is 5.46. The molecule has 8 nitrogen and oxygen atoms in total. The predicted octanol–water partition coefficient (Wildman–Crippen LogP) is 2.70. The van der Waals surface area contributed by atoms with Gasteiger partial charge < -0.3 is 15.5 Å². The van der Waals surface area contributed by atoms with Gasteiger partial charge in [-0.25, -0.2) is 19.4 Å². The molecule has 3 heterocycles. The van der Waals surface area contributed by atoms with Gasteiger partial charge in [0.05, 0.1) is 5.69 Å². The van der Waals surface area contributed by atoms with Crippen molar-refractivity contribution in [1.82, 2.24) is 25.1 Å². The van der Waals surface area contributed by atoms with Crippen molar-refractivity contribution in [2.45, 2.75) is 12.8 Å². The summed E-state index contributed by atoms with van der Waals surface area (Å²) in [4.78, 5) is 22.9. The highest BCUT2D eigenvalue weighted by Crippen LogP contribution is 2.21. The molecule has 2 aromatic heterocycles. The molecule has 8 heteroatoms. The number of nitrogens with one attached hydrogen (secondary N) is 2. The molecule has 0 radical (unpaired) electrons. The van der Waals surface area contributed by atoms with Gasteiger partial charge in [0, 0.05) is 31.5 Å². The number of hydrogen-bond acceptors (Lipinski definition) is 5. The Labute approximate surface area is 163 Å². The van der Waals surface area contributed by atoms with Crippen molar-refractivity contribution < 1.29 is 4.79 Å². The van der Waals surface area contributed by atoms with E-state index >= 15 is 0 Å². The number of benzene rings is 1. The Morgan fingerprint density at radius 3 is 2.82 bits per heavy atom. The first-order valence-corrected chi connectivity index (χ1v) is 9.44. The number of pyridine rings is 1. The maximum Gasteiger partial charge on any atom is 0.319 e. The molecule has 0 spiro atoms. The number of rotatable bonds is 5. The topological polar surface area (TPSA) is 88.0 Å². The summed E-state index contributed by atoms with van der Waals surface area (Å²) in [5, 5.41) is 9.95. The van der Waals surface area contributed by atoms with Crippen LogP contribution in [0.15, 0.2) is 61.3 Å². The second-order valence-electron chi connectivity index (χ2n) is 6.86. The van der Waals surface area contributed by atoms with E-state index < -0.39 is 0 Å². The third kappa shape index (κ3) is 4.46. The molecular weight excluding hydrogens is 354 g/mol. The van der Waals surface area contributed by atoms with E-state index in [1.807, 2.05) is 48.7 Å². The number of carbonyl (C=O) groups excluding carboxylic acids is 1. The molecule has 28 heavy (non-hydrogen) atoms. The summed E-state index contributed by atoms with van der Waals surface area (Å²) in [6.07, 6.45) is 7.15. The Hall–Kier alpha value is -3.42. The minimum Gasteiger partial charge on any atom is -0.356 e. The van der Waals surface area contributed by atoms with E-state index in [1.54, 1.807) is 11.0 Å². The van der Waals surface area contributed by atoms with Crippen molar-refractivity contribution >= 4 is 17.5 Å². The molecule has 4 rings (SSSR count). The van der Waals surface area contributed by atoms with Crippen molar-refractivity contribution in [3.05, 3.63) is 61.3 Å². The molecule has 144 valence electrons. The number of amides is 2.